The van der Waals surface area contributed by atoms with Crippen LogP contribution in [0.15, 0.2) is 33.7 Å². The molecule has 3 atom stereocenters. The van der Waals surface area contributed by atoms with Crippen molar-refractivity contribution < 1.29 is 9.26 Å². The Labute approximate surface area is 127 Å². The van der Waals surface area contributed by atoms with Gasteiger partial charge < -0.3 is 14.6 Å². The molecule has 110 valence electrons. The SMILES string of the molecule is C[C@@H]1CNC[C@H]1c1nc(C2CSc3ccccc3O2)no1. The summed E-state index contributed by atoms with van der Waals surface area (Å²) in [6.45, 7) is 4.12. The topological polar surface area (TPSA) is 60.2 Å². The van der Waals surface area contributed by atoms with E-state index in [2.05, 4.69) is 28.4 Å². The van der Waals surface area contributed by atoms with Crippen molar-refractivity contribution in [2.45, 2.75) is 23.8 Å². The molecule has 0 radical (unpaired) electrons. The zero-order chi connectivity index (χ0) is 14.2. The third kappa shape index (κ3) is 2.42. The van der Waals surface area contributed by atoms with E-state index in [1.807, 2.05) is 18.2 Å². The second kappa shape index (κ2) is 5.35. The van der Waals surface area contributed by atoms with E-state index in [0.717, 1.165) is 30.5 Å². The van der Waals surface area contributed by atoms with Gasteiger partial charge in [-0.15, -0.1) is 11.8 Å². The van der Waals surface area contributed by atoms with Crippen LogP contribution < -0.4 is 10.1 Å². The molecule has 1 N–H and O–H groups in total. The second-order valence-electron chi connectivity index (χ2n) is 5.60. The molecule has 0 amide bonds. The van der Waals surface area contributed by atoms with E-state index >= 15 is 0 Å². The van der Waals surface area contributed by atoms with Crippen molar-refractivity contribution in [2.75, 3.05) is 18.8 Å². The number of hydrogen-bond donors (Lipinski definition) is 1. The van der Waals surface area contributed by atoms with Gasteiger partial charge in [0.1, 0.15) is 5.75 Å². The zero-order valence-corrected chi connectivity index (χ0v) is 12.6. The lowest BCUT2D eigenvalue weighted by Gasteiger charge is -2.22. The van der Waals surface area contributed by atoms with Crippen LogP contribution in [0.4, 0.5) is 0 Å². The third-order valence-electron chi connectivity index (χ3n) is 4.09. The standard InChI is InChI=1S/C15H17N3O2S/c1-9-6-16-7-10(9)15-17-14(18-20-15)12-8-21-13-5-3-2-4-11(13)19-12/h2-5,9-10,12,16H,6-8H2,1H3/t9-,10-,12?/m1/s1. The minimum absolute atomic E-state index is 0.132. The Morgan fingerprint density at radius 1 is 1.29 bits per heavy atom. The van der Waals surface area contributed by atoms with E-state index in [1.54, 1.807) is 11.8 Å². The number of nitrogens with zero attached hydrogens (tertiary/aromatic N) is 2. The normalized spacial score (nSPS) is 28.1. The van der Waals surface area contributed by atoms with Crippen LogP contribution in [0.5, 0.6) is 5.75 Å². The summed E-state index contributed by atoms with van der Waals surface area (Å²) in [4.78, 5) is 5.76. The van der Waals surface area contributed by atoms with Crippen molar-refractivity contribution in [3.8, 4) is 5.75 Å². The summed E-state index contributed by atoms with van der Waals surface area (Å²) in [5.74, 6) is 3.95. The second-order valence-corrected chi connectivity index (χ2v) is 6.66. The van der Waals surface area contributed by atoms with Crippen molar-refractivity contribution >= 4 is 11.8 Å². The van der Waals surface area contributed by atoms with Gasteiger partial charge in [0, 0.05) is 17.2 Å². The molecule has 1 aromatic heterocycles. The molecule has 5 nitrogen and oxygen atoms in total. The van der Waals surface area contributed by atoms with Crippen LogP contribution >= 0.6 is 11.8 Å². The van der Waals surface area contributed by atoms with Gasteiger partial charge in [-0.3, -0.25) is 0 Å². The Morgan fingerprint density at radius 2 is 2.19 bits per heavy atom. The van der Waals surface area contributed by atoms with E-state index in [9.17, 15) is 0 Å². The monoisotopic (exact) mass is 303 g/mol. The fourth-order valence-corrected chi connectivity index (χ4v) is 3.80. The highest BCUT2D eigenvalue weighted by Gasteiger charge is 2.32. The van der Waals surface area contributed by atoms with Crippen molar-refractivity contribution in [2.24, 2.45) is 5.92 Å². The Kier molecular flexibility index (Phi) is 3.35. The Morgan fingerprint density at radius 3 is 3.05 bits per heavy atom. The molecular weight excluding hydrogens is 286 g/mol. The largest absolute Gasteiger partial charge is 0.480 e. The summed E-state index contributed by atoms with van der Waals surface area (Å²) in [6, 6.07) is 8.06. The number of fused-ring (bicyclic) bond motifs is 1. The Balaban J connectivity index is 1.54. The molecule has 2 aliphatic rings. The van der Waals surface area contributed by atoms with Crippen LogP contribution in [-0.4, -0.2) is 29.0 Å². The lowest BCUT2D eigenvalue weighted by Crippen LogP contribution is -2.16. The summed E-state index contributed by atoms with van der Waals surface area (Å²) in [7, 11) is 0. The molecule has 2 aliphatic heterocycles. The van der Waals surface area contributed by atoms with Gasteiger partial charge in [0.05, 0.1) is 5.92 Å². The zero-order valence-electron chi connectivity index (χ0n) is 11.8. The van der Waals surface area contributed by atoms with Gasteiger partial charge in [0.2, 0.25) is 11.7 Å². The minimum Gasteiger partial charge on any atom is -0.480 e. The fraction of sp³-hybridized carbons (Fsp3) is 0.467. The molecular formula is C15H17N3O2S. The molecule has 0 bridgehead atoms. The van der Waals surface area contributed by atoms with E-state index in [0.29, 0.717) is 17.7 Å². The van der Waals surface area contributed by atoms with Gasteiger partial charge in [-0.05, 0) is 24.6 Å². The van der Waals surface area contributed by atoms with Crippen molar-refractivity contribution in [3.63, 3.8) is 0 Å². The first-order chi connectivity index (χ1) is 10.3. The lowest BCUT2D eigenvalue weighted by molar-refractivity contribution is 0.205. The summed E-state index contributed by atoms with van der Waals surface area (Å²) < 4.78 is 11.5. The van der Waals surface area contributed by atoms with Gasteiger partial charge in [0.15, 0.2) is 6.10 Å². The van der Waals surface area contributed by atoms with Gasteiger partial charge in [0.25, 0.3) is 0 Å². The molecule has 1 aromatic carbocycles. The van der Waals surface area contributed by atoms with Crippen LogP contribution in [-0.2, 0) is 0 Å². The number of rotatable bonds is 2. The van der Waals surface area contributed by atoms with Crippen molar-refractivity contribution in [3.05, 3.63) is 36.0 Å². The molecule has 1 unspecified atom stereocenters. The van der Waals surface area contributed by atoms with E-state index in [4.69, 9.17) is 9.26 Å². The number of ether oxygens (including phenoxy) is 1. The molecule has 6 heteroatoms. The Hall–Kier alpha value is -1.53. The van der Waals surface area contributed by atoms with Gasteiger partial charge in [-0.2, -0.15) is 4.98 Å². The van der Waals surface area contributed by atoms with E-state index < -0.39 is 0 Å². The molecule has 0 spiro atoms. The Bertz CT molecular complexity index is 645. The predicted molar refractivity (Wildman–Crippen MR) is 79.6 cm³/mol. The number of para-hydroxylation sites is 1. The predicted octanol–water partition coefficient (Wildman–Crippen LogP) is 2.62. The average molecular weight is 303 g/mol. The summed E-state index contributed by atoms with van der Waals surface area (Å²) in [6.07, 6.45) is -0.132. The molecule has 1 fully saturated rings. The van der Waals surface area contributed by atoms with Crippen molar-refractivity contribution in [1.82, 2.24) is 15.5 Å². The number of thioether (sulfide) groups is 1. The van der Waals surface area contributed by atoms with E-state index in [-0.39, 0.29) is 6.10 Å². The molecule has 2 aromatic rings. The van der Waals surface area contributed by atoms with Crippen molar-refractivity contribution in [1.29, 1.82) is 0 Å². The first-order valence-corrected chi connectivity index (χ1v) is 8.22. The molecule has 21 heavy (non-hydrogen) atoms. The summed E-state index contributed by atoms with van der Waals surface area (Å²) >= 11 is 1.77. The van der Waals surface area contributed by atoms with Crippen LogP contribution in [0.2, 0.25) is 0 Å². The number of aromatic nitrogens is 2. The maximum Gasteiger partial charge on any atom is 0.231 e. The van der Waals surface area contributed by atoms with Crippen LogP contribution in [0.3, 0.4) is 0 Å². The lowest BCUT2D eigenvalue weighted by atomic mass is 9.98. The molecule has 4 rings (SSSR count). The third-order valence-corrected chi connectivity index (χ3v) is 5.21. The fourth-order valence-electron chi connectivity index (χ4n) is 2.82. The molecule has 1 saturated heterocycles. The summed E-state index contributed by atoms with van der Waals surface area (Å²) in [5, 5.41) is 7.50. The maximum atomic E-state index is 6.00. The van der Waals surface area contributed by atoms with Crippen LogP contribution in [0.1, 0.15) is 30.7 Å². The molecule has 0 aliphatic carbocycles. The van der Waals surface area contributed by atoms with E-state index in [1.165, 1.54) is 4.90 Å². The highest BCUT2D eigenvalue weighted by atomic mass is 32.2. The first kappa shape index (κ1) is 13.2. The van der Waals surface area contributed by atoms with Crippen LogP contribution in [0.25, 0.3) is 0 Å². The van der Waals surface area contributed by atoms with Crippen LogP contribution in [0, 0.1) is 5.92 Å². The van der Waals surface area contributed by atoms with Gasteiger partial charge in [-0.25, -0.2) is 0 Å². The molecule has 0 saturated carbocycles. The van der Waals surface area contributed by atoms with Gasteiger partial charge in [-0.1, -0.05) is 24.2 Å². The first-order valence-electron chi connectivity index (χ1n) is 7.24. The van der Waals surface area contributed by atoms with Gasteiger partial charge >= 0.3 is 0 Å². The summed E-state index contributed by atoms with van der Waals surface area (Å²) in [5.41, 5.74) is 0. The number of benzene rings is 1. The average Bonchev–Trinajstić information content (AvgIpc) is 3.15. The highest BCUT2D eigenvalue weighted by Crippen LogP contribution is 2.39. The maximum absolute atomic E-state index is 6.00. The highest BCUT2D eigenvalue weighted by molar-refractivity contribution is 7.99. The smallest absolute Gasteiger partial charge is 0.231 e. The number of hydrogen-bond acceptors (Lipinski definition) is 6. The number of nitrogens with one attached hydrogen (secondary N) is 1. The molecule has 3 heterocycles. The quantitative estimate of drug-likeness (QED) is 0.920. The minimum atomic E-state index is -0.132.